The number of halogens is 4. The maximum absolute atomic E-state index is 13.2. The van der Waals surface area contributed by atoms with E-state index in [0.29, 0.717) is 10.0 Å². The zero-order valence-corrected chi connectivity index (χ0v) is 11.6. The molecule has 0 amide bonds. The Balaban J connectivity index is 2.62. The molecule has 0 atom stereocenters. The van der Waals surface area contributed by atoms with Crippen molar-refractivity contribution in [3.8, 4) is 11.1 Å². The van der Waals surface area contributed by atoms with Gasteiger partial charge in [-0.25, -0.2) is 4.39 Å². The normalized spacial score (nSPS) is 10.5. The van der Waals surface area contributed by atoms with Crippen molar-refractivity contribution in [3.05, 3.63) is 55.8 Å². The molecule has 16 heavy (non-hydrogen) atoms. The lowest BCUT2D eigenvalue weighted by atomic mass is 10.1. The molecule has 82 valence electrons. The van der Waals surface area contributed by atoms with E-state index in [9.17, 15) is 4.39 Å². The van der Waals surface area contributed by atoms with Gasteiger partial charge in [0.15, 0.2) is 0 Å². The second-order valence-electron chi connectivity index (χ2n) is 3.25. The molecule has 0 fully saturated rings. The molecule has 2 aromatic carbocycles. The molecule has 0 spiro atoms. The molecule has 2 rings (SSSR count). The molecule has 2 aromatic rings. The first-order chi connectivity index (χ1) is 7.58. The van der Waals surface area contributed by atoms with Crippen molar-refractivity contribution in [2.75, 3.05) is 0 Å². The van der Waals surface area contributed by atoms with E-state index < -0.39 is 0 Å². The van der Waals surface area contributed by atoms with Crippen LogP contribution in [0.25, 0.3) is 11.1 Å². The Labute approximate surface area is 117 Å². The lowest BCUT2D eigenvalue weighted by Gasteiger charge is -2.07. The fraction of sp³-hybridized carbons (Fsp3) is 0. The monoisotopic (exact) mass is 366 g/mol. The van der Waals surface area contributed by atoms with Gasteiger partial charge in [-0.1, -0.05) is 29.3 Å². The van der Waals surface area contributed by atoms with Crippen molar-refractivity contribution in [2.24, 2.45) is 0 Å². The third-order valence-electron chi connectivity index (χ3n) is 2.15. The average molecular weight is 367 g/mol. The van der Waals surface area contributed by atoms with Crippen LogP contribution in [-0.2, 0) is 0 Å². The minimum absolute atomic E-state index is 0.276. The van der Waals surface area contributed by atoms with Gasteiger partial charge in [-0.2, -0.15) is 0 Å². The number of benzene rings is 2. The number of rotatable bonds is 1. The van der Waals surface area contributed by atoms with Crippen molar-refractivity contribution in [2.45, 2.75) is 0 Å². The van der Waals surface area contributed by atoms with Gasteiger partial charge in [0.25, 0.3) is 0 Å². The summed E-state index contributed by atoms with van der Waals surface area (Å²) < 4.78 is 14.1. The first-order valence-electron chi connectivity index (χ1n) is 4.48. The molecule has 0 bridgehead atoms. The summed E-state index contributed by atoms with van der Waals surface area (Å²) in [4.78, 5) is 0. The average Bonchev–Trinajstić information content (AvgIpc) is 2.22. The summed E-state index contributed by atoms with van der Waals surface area (Å²) in [5, 5.41) is 1.09. The summed E-state index contributed by atoms with van der Waals surface area (Å²) in [6.45, 7) is 0. The molecular formula is C12H6Cl2FI. The first kappa shape index (κ1) is 12.1. The summed E-state index contributed by atoms with van der Waals surface area (Å²) in [7, 11) is 0. The fourth-order valence-electron chi connectivity index (χ4n) is 1.41. The van der Waals surface area contributed by atoms with Crippen LogP contribution in [0.2, 0.25) is 10.0 Å². The Morgan fingerprint density at radius 1 is 0.938 bits per heavy atom. The van der Waals surface area contributed by atoms with E-state index in [1.807, 2.05) is 0 Å². The third-order valence-corrected chi connectivity index (χ3v) is 3.64. The molecule has 0 aliphatic rings. The van der Waals surface area contributed by atoms with Crippen molar-refractivity contribution >= 4 is 45.8 Å². The Bertz CT molecular complexity index is 541. The zero-order valence-electron chi connectivity index (χ0n) is 7.98. The second-order valence-corrected chi connectivity index (χ2v) is 5.25. The molecule has 0 aliphatic carbocycles. The molecule has 0 N–H and O–H groups in total. The van der Waals surface area contributed by atoms with Crippen LogP contribution in [0, 0.1) is 9.39 Å². The third kappa shape index (κ3) is 2.50. The van der Waals surface area contributed by atoms with Crippen LogP contribution in [0.1, 0.15) is 0 Å². The van der Waals surface area contributed by atoms with Crippen LogP contribution in [0.5, 0.6) is 0 Å². The zero-order chi connectivity index (χ0) is 11.7. The topological polar surface area (TPSA) is 0 Å². The highest BCUT2D eigenvalue weighted by Gasteiger charge is 2.08. The lowest BCUT2D eigenvalue weighted by molar-refractivity contribution is 0.628. The largest absolute Gasteiger partial charge is 0.207 e. The molecule has 0 heterocycles. The standard InChI is InChI=1S/C12H6Cl2FI/c13-7-1-3-9(11(14)5-7)10-6-8(15)2-4-12(10)16/h1-6H. The smallest absolute Gasteiger partial charge is 0.123 e. The van der Waals surface area contributed by atoms with E-state index in [-0.39, 0.29) is 5.82 Å². The van der Waals surface area contributed by atoms with E-state index in [2.05, 4.69) is 22.6 Å². The van der Waals surface area contributed by atoms with Crippen molar-refractivity contribution in [3.63, 3.8) is 0 Å². The van der Waals surface area contributed by atoms with Crippen molar-refractivity contribution in [1.82, 2.24) is 0 Å². The minimum atomic E-state index is -0.276. The van der Waals surface area contributed by atoms with E-state index >= 15 is 0 Å². The van der Waals surface area contributed by atoms with Gasteiger partial charge in [-0.3, -0.25) is 0 Å². The van der Waals surface area contributed by atoms with Gasteiger partial charge < -0.3 is 0 Å². The summed E-state index contributed by atoms with van der Waals surface area (Å²) >= 11 is 14.0. The SMILES string of the molecule is Fc1ccc(I)c(-c2ccc(Cl)cc2Cl)c1. The van der Waals surface area contributed by atoms with Gasteiger partial charge in [0, 0.05) is 19.2 Å². The molecule has 0 unspecified atom stereocenters. The molecule has 4 heteroatoms. The van der Waals surface area contributed by atoms with E-state index in [1.54, 1.807) is 24.3 Å². The molecule has 0 saturated heterocycles. The van der Waals surface area contributed by atoms with Gasteiger partial charge in [-0.15, -0.1) is 0 Å². The van der Waals surface area contributed by atoms with Crippen LogP contribution in [-0.4, -0.2) is 0 Å². The van der Waals surface area contributed by atoms with Crippen molar-refractivity contribution < 1.29 is 4.39 Å². The highest BCUT2D eigenvalue weighted by atomic mass is 127. The Kier molecular flexibility index (Phi) is 3.72. The fourth-order valence-corrected chi connectivity index (χ4v) is 2.55. The van der Waals surface area contributed by atoms with E-state index in [0.717, 1.165) is 14.7 Å². The van der Waals surface area contributed by atoms with E-state index in [4.69, 9.17) is 23.2 Å². The van der Waals surface area contributed by atoms with E-state index in [1.165, 1.54) is 12.1 Å². The lowest BCUT2D eigenvalue weighted by Crippen LogP contribution is -1.86. The van der Waals surface area contributed by atoms with Crippen LogP contribution in [0.3, 0.4) is 0 Å². The van der Waals surface area contributed by atoms with Gasteiger partial charge in [0.1, 0.15) is 5.82 Å². The predicted octanol–water partition coefficient (Wildman–Crippen LogP) is 5.40. The summed E-state index contributed by atoms with van der Waals surface area (Å²) in [6.07, 6.45) is 0. The first-order valence-corrected chi connectivity index (χ1v) is 6.32. The van der Waals surface area contributed by atoms with Gasteiger partial charge in [0.2, 0.25) is 0 Å². The second kappa shape index (κ2) is 4.90. The van der Waals surface area contributed by atoms with Gasteiger partial charge in [0.05, 0.1) is 0 Å². The molecule has 0 radical (unpaired) electrons. The van der Waals surface area contributed by atoms with Crippen LogP contribution in [0.15, 0.2) is 36.4 Å². The maximum atomic E-state index is 13.2. The maximum Gasteiger partial charge on any atom is 0.123 e. The Morgan fingerprint density at radius 3 is 2.38 bits per heavy atom. The predicted molar refractivity (Wildman–Crippen MR) is 74.6 cm³/mol. The van der Waals surface area contributed by atoms with Crippen LogP contribution < -0.4 is 0 Å². The highest BCUT2D eigenvalue weighted by Crippen LogP contribution is 2.33. The molecule has 0 nitrogen and oxygen atoms in total. The molecular weight excluding hydrogens is 361 g/mol. The quantitative estimate of drug-likeness (QED) is 0.592. The van der Waals surface area contributed by atoms with Gasteiger partial charge >= 0.3 is 0 Å². The minimum Gasteiger partial charge on any atom is -0.207 e. The molecule has 0 saturated carbocycles. The van der Waals surface area contributed by atoms with Crippen LogP contribution >= 0.6 is 45.8 Å². The van der Waals surface area contributed by atoms with Crippen LogP contribution in [0.4, 0.5) is 4.39 Å². The summed E-state index contributed by atoms with van der Waals surface area (Å²) in [5.74, 6) is -0.276. The van der Waals surface area contributed by atoms with Gasteiger partial charge in [-0.05, 0) is 58.5 Å². The Hall–Kier alpha value is -0.320. The van der Waals surface area contributed by atoms with Crippen molar-refractivity contribution in [1.29, 1.82) is 0 Å². The molecule has 0 aromatic heterocycles. The number of hydrogen-bond donors (Lipinski definition) is 0. The number of hydrogen-bond acceptors (Lipinski definition) is 0. The summed E-state index contributed by atoms with van der Waals surface area (Å²) in [6, 6.07) is 9.80. The Morgan fingerprint density at radius 2 is 1.69 bits per heavy atom. The highest BCUT2D eigenvalue weighted by molar-refractivity contribution is 14.1. The molecule has 0 aliphatic heterocycles. The summed E-state index contributed by atoms with van der Waals surface area (Å²) in [5.41, 5.74) is 1.57.